The molecular formula is C23H26ClN5O3. The molecule has 2 atom stereocenters. The maximum Gasteiger partial charge on any atom is 0.407 e. The van der Waals surface area contributed by atoms with Gasteiger partial charge in [0.2, 0.25) is 5.91 Å². The van der Waals surface area contributed by atoms with Crippen molar-refractivity contribution in [3.05, 3.63) is 47.4 Å². The highest BCUT2D eigenvalue weighted by Gasteiger charge is 2.37. The fourth-order valence-corrected chi connectivity index (χ4v) is 4.20. The van der Waals surface area contributed by atoms with Crippen molar-refractivity contribution in [1.82, 2.24) is 25.2 Å². The summed E-state index contributed by atoms with van der Waals surface area (Å²) >= 11 is 5.95. The van der Waals surface area contributed by atoms with Gasteiger partial charge in [-0.15, -0.1) is 0 Å². The normalized spacial score (nSPS) is 17.0. The number of rotatable bonds is 5. The number of ether oxygens (including phenoxy) is 1. The first-order valence-corrected chi connectivity index (χ1v) is 11.0. The molecule has 1 aromatic carbocycles. The van der Waals surface area contributed by atoms with Gasteiger partial charge in [0.15, 0.2) is 0 Å². The van der Waals surface area contributed by atoms with E-state index >= 15 is 0 Å². The largest absolute Gasteiger partial charge is 0.453 e. The van der Waals surface area contributed by atoms with Gasteiger partial charge in [0, 0.05) is 18.3 Å². The third-order valence-corrected chi connectivity index (χ3v) is 5.99. The Morgan fingerprint density at radius 1 is 1.28 bits per heavy atom. The molecule has 2 N–H and O–H groups in total. The van der Waals surface area contributed by atoms with E-state index in [1.54, 1.807) is 11.1 Å². The summed E-state index contributed by atoms with van der Waals surface area (Å²) in [6.45, 7) is 4.42. The topological polar surface area (TPSA) is 100 Å². The number of aromatic nitrogens is 3. The molecule has 32 heavy (non-hydrogen) atoms. The van der Waals surface area contributed by atoms with Gasteiger partial charge in [-0.3, -0.25) is 9.78 Å². The van der Waals surface area contributed by atoms with E-state index in [2.05, 4.69) is 15.3 Å². The number of benzene rings is 1. The van der Waals surface area contributed by atoms with Crippen LogP contribution in [0.25, 0.3) is 22.3 Å². The van der Waals surface area contributed by atoms with Crippen LogP contribution in [0.4, 0.5) is 4.79 Å². The van der Waals surface area contributed by atoms with Crippen molar-refractivity contribution in [2.24, 2.45) is 5.92 Å². The first kappa shape index (κ1) is 22.1. The summed E-state index contributed by atoms with van der Waals surface area (Å²) in [4.78, 5) is 39.4. The smallest absolute Gasteiger partial charge is 0.407 e. The molecular weight excluding hydrogens is 430 g/mol. The Labute approximate surface area is 191 Å². The maximum absolute atomic E-state index is 13.3. The van der Waals surface area contributed by atoms with E-state index in [1.165, 1.54) is 7.11 Å². The highest BCUT2D eigenvalue weighted by atomic mass is 35.5. The summed E-state index contributed by atoms with van der Waals surface area (Å²) < 4.78 is 4.70. The van der Waals surface area contributed by atoms with Crippen LogP contribution in [0.5, 0.6) is 0 Å². The van der Waals surface area contributed by atoms with Gasteiger partial charge in [-0.05, 0) is 43.0 Å². The number of nitrogens with zero attached hydrogens (tertiary/aromatic N) is 3. The molecule has 3 heterocycles. The van der Waals surface area contributed by atoms with Gasteiger partial charge < -0.3 is 19.9 Å². The van der Waals surface area contributed by atoms with Crippen LogP contribution in [0.3, 0.4) is 0 Å². The van der Waals surface area contributed by atoms with E-state index < -0.39 is 12.1 Å². The van der Waals surface area contributed by atoms with E-state index in [-0.39, 0.29) is 17.9 Å². The minimum Gasteiger partial charge on any atom is -0.453 e. The number of methoxy groups -OCH3 is 1. The minimum absolute atomic E-state index is 0.0760. The lowest BCUT2D eigenvalue weighted by Crippen LogP contribution is -2.51. The van der Waals surface area contributed by atoms with Crippen LogP contribution in [0.15, 0.2) is 36.5 Å². The summed E-state index contributed by atoms with van der Waals surface area (Å²) in [6.07, 6.45) is 2.69. The number of alkyl carbamates (subject to hydrolysis) is 1. The monoisotopic (exact) mass is 455 g/mol. The molecule has 9 heteroatoms. The molecule has 1 saturated heterocycles. The quantitative estimate of drug-likeness (QED) is 0.596. The fraction of sp³-hybridized carbons (Fsp3) is 0.391. The predicted octanol–water partition coefficient (Wildman–Crippen LogP) is 4.32. The van der Waals surface area contributed by atoms with Gasteiger partial charge in [-0.25, -0.2) is 9.78 Å². The molecule has 0 spiro atoms. The molecule has 0 unspecified atom stereocenters. The Bertz CT molecular complexity index is 1130. The number of likely N-dealkylation sites (tertiary alicyclic amines) is 1. The summed E-state index contributed by atoms with van der Waals surface area (Å²) in [5, 5.41) is 3.26. The van der Waals surface area contributed by atoms with Crippen LogP contribution >= 0.6 is 11.6 Å². The van der Waals surface area contributed by atoms with Gasteiger partial charge in [-0.2, -0.15) is 0 Å². The highest BCUT2D eigenvalue weighted by Crippen LogP contribution is 2.33. The predicted molar refractivity (Wildman–Crippen MR) is 122 cm³/mol. The molecule has 168 valence electrons. The van der Waals surface area contributed by atoms with Crippen molar-refractivity contribution < 1.29 is 14.3 Å². The van der Waals surface area contributed by atoms with E-state index in [9.17, 15) is 9.59 Å². The lowest BCUT2D eigenvalue weighted by Gasteiger charge is -2.29. The molecule has 0 bridgehead atoms. The van der Waals surface area contributed by atoms with Crippen LogP contribution in [-0.2, 0) is 9.53 Å². The molecule has 1 aliphatic heterocycles. The average molecular weight is 456 g/mol. The Morgan fingerprint density at radius 3 is 2.78 bits per heavy atom. The van der Waals surface area contributed by atoms with E-state index in [0.717, 1.165) is 41.0 Å². The molecule has 2 aromatic heterocycles. The molecule has 1 aliphatic rings. The lowest BCUT2D eigenvalue weighted by atomic mass is 10.0. The fourth-order valence-electron chi connectivity index (χ4n) is 4.09. The first-order valence-electron chi connectivity index (χ1n) is 10.6. The number of carbonyl (C=O) groups is 2. The van der Waals surface area contributed by atoms with Crippen molar-refractivity contribution in [3.8, 4) is 11.3 Å². The number of fused-ring (bicyclic) bond motifs is 1. The second kappa shape index (κ2) is 9.16. The molecule has 1 fully saturated rings. The summed E-state index contributed by atoms with van der Waals surface area (Å²) in [6, 6.07) is 8.76. The first-order chi connectivity index (χ1) is 15.4. The number of carbonyl (C=O) groups excluding carboxylic acids is 2. The number of hydrogen-bond acceptors (Lipinski definition) is 5. The zero-order chi connectivity index (χ0) is 22.8. The van der Waals surface area contributed by atoms with E-state index in [4.69, 9.17) is 21.3 Å². The molecule has 0 radical (unpaired) electrons. The number of amides is 2. The Morgan fingerprint density at radius 2 is 2.09 bits per heavy atom. The Kier molecular flexibility index (Phi) is 6.32. The Balaban J connectivity index is 1.60. The number of halogens is 1. The highest BCUT2D eigenvalue weighted by molar-refractivity contribution is 6.30. The number of pyridine rings is 1. The van der Waals surface area contributed by atoms with E-state index in [1.807, 2.05) is 44.2 Å². The van der Waals surface area contributed by atoms with Crippen molar-refractivity contribution in [3.63, 3.8) is 0 Å². The summed E-state index contributed by atoms with van der Waals surface area (Å²) in [7, 11) is 1.29. The molecule has 4 rings (SSSR count). The third kappa shape index (κ3) is 4.41. The SMILES string of the molecule is COC(=O)N[C@H](C(=O)N1CCC[C@H]1c1nc2ccc(-c3ccc(Cl)cn3)cc2[nH]1)C(C)C. The number of hydrogen-bond donors (Lipinski definition) is 2. The van der Waals surface area contributed by atoms with Gasteiger partial charge >= 0.3 is 6.09 Å². The van der Waals surface area contributed by atoms with E-state index in [0.29, 0.717) is 11.6 Å². The second-order valence-corrected chi connectivity index (χ2v) is 8.70. The molecule has 0 saturated carbocycles. The number of imidazole rings is 1. The van der Waals surface area contributed by atoms with Crippen molar-refractivity contribution in [2.45, 2.75) is 38.8 Å². The molecule has 2 amide bonds. The number of H-pyrrole nitrogens is 1. The van der Waals surface area contributed by atoms with Crippen LogP contribution in [0.2, 0.25) is 5.02 Å². The molecule has 8 nitrogen and oxygen atoms in total. The average Bonchev–Trinajstić information content (AvgIpc) is 3.43. The lowest BCUT2D eigenvalue weighted by molar-refractivity contribution is -0.135. The zero-order valence-corrected chi connectivity index (χ0v) is 19.0. The zero-order valence-electron chi connectivity index (χ0n) is 18.3. The summed E-state index contributed by atoms with van der Waals surface area (Å²) in [5.74, 6) is 0.542. The number of aromatic amines is 1. The maximum atomic E-state index is 13.3. The van der Waals surface area contributed by atoms with Crippen LogP contribution < -0.4 is 5.32 Å². The second-order valence-electron chi connectivity index (χ2n) is 8.26. The van der Waals surface area contributed by atoms with Crippen LogP contribution in [-0.4, -0.2) is 51.5 Å². The van der Waals surface area contributed by atoms with Gasteiger partial charge in [0.25, 0.3) is 0 Å². The third-order valence-electron chi connectivity index (χ3n) is 5.77. The van der Waals surface area contributed by atoms with Gasteiger partial charge in [-0.1, -0.05) is 31.5 Å². The van der Waals surface area contributed by atoms with Crippen molar-refractivity contribution >= 4 is 34.6 Å². The number of nitrogens with one attached hydrogen (secondary N) is 2. The van der Waals surface area contributed by atoms with Crippen LogP contribution in [0, 0.1) is 5.92 Å². The standard InChI is InChI=1S/C23H26ClN5O3/c1-13(2)20(28-23(31)32-3)22(30)29-10-4-5-19(29)21-26-17-8-6-14(11-18(17)27-21)16-9-7-15(24)12-25-16/h6-9,11-13,19-20H,4-5,10H2,1-3H3,(H,26,27)(H,28,31)/t19-,20-/m0/s1. The Hall–Kier alpha value is -3.13. The van der Waals surface area contributed by atoms with Crippen molar-refractivity contribution in [1.29, 1.82) is 0 Å². The molecule has 3 aromatic rings. The minimum atomic E-state index is -0.657. The molecule has 0 aliphatic carbocycles. The summed E-state index contributed by atoms with van der Waals surface area (Å²) in [5.41, 5.74) is 3.47. The van der Waals surface area contributed by atoms with Crippen LogP contribution in [0.1, 0.15) is 38.6 Å². The van der Waals surface area contributed by atoms with Gasteiger partial charge in [0.1, 0.15) is 11.9 Å². The van der Waals surface area contributed by atoms with Gasteiger partial charge in [0.05, 0.1) is 34.9 Å². The van der Waals surface area contributed by atoms with Crippen molar-refractivity contribution in [2.75, 3.05) is 13.7 Å².